The molecule has 3 fully saturated rings. The Balaban J connectivity index is 1.27. The van der Waals surface area contributed by atoms with E-state index in [1.807, 2.05) is 4.90 Å². The van der Waals surface area contributed by atoms with Gasteiger partial charge in [0.2, 0.25) is 0 Å². The number of halogens is 5. The van der Waals surface area contributed by atoms with Crippen LogP contribution in [0.5, 0.6) is 0 Å². The fourth-order valence-electron chi connectivity index (χ4n) is 6.27. The Kier molecular flexibility index (Phi) is 9.74. The van der Waals surface area contributed by atoms with Crippen molar-refractivity contribution >= 4 is 28.9 Å². The molecule has 3 aliphatic rings. The number of benzene rings is 2. The third-order valence-corrected chi connectivity index (χ3v) is 8.72. The number of likely N-dealkylation sites (tertiary alicyclic amines) is 2. The summed E-state index contributed by atoms with van der Waals surface area (Å²) < 4.78 is 52.4. The molecule has 0 spiro atoms. The zero-order valence-corrected chi connectivity index (χ0v) is 24.0. The van der Waals surface area contributed by atoms with E-state index in [-0.39, 0.29) is 18.3 Å². The van der Waals surface area contributed by atoms with E-state index < -0.39 is 12.6 Å². The van der Waals surface area contributed by atoms with Crippen LogP contribution in [0.2, 0.25) is 5.02 Å². The second-order valence-corrected chi connectivity index (χ2v) is 11.8. The van der Waals surface area contributed by atoms with Crippen LogP contribution in [0.4, 0.5) is 28.9 Å². The molecular formula is C30H38ClF4N5O. The van der Waals surface area contributed by atoms with E-state index in [1.165, 1.54) is 25.0 Å². The fourth-order valence-corrected chi connectivity index (χ4v) is 6.43. The Morgan fingerprint density at radius 1 is 0.927 bits per heavy atom. The normalized spacial score (nSPS) is 21.1. The van der Waals surface area contributed by atoms with E-state index in [2.05, 4.69) is 15.1 Å². The van der Waals surface area contributed by atoms with E-state index in [0.29, 0.717) is 60.6 Å². The van der Waals surface area contributed by atoms with Crippen LogP contribution < -0.4 is 10.2 Å². The number of anilines is 2. The van der Waals surface area contributed by atoms with Crippen LogP contribution in [0.25, 0.3) is 0 Å². The molecule has 41 heavy (non-hydrogen) atoms. The number of nitrogens with one attached hydrogen (secondary N) is 1. The SMILES string of the molecule is O=C(Nc1ccc(Cl)cc1N1CCN(CCC(F)(F)F)CC1)c1ccc(F)cc1CN1CCCC1CN1CCCC1. The third kappa shape index (κ3) is 8.12. The molecule has 2 aromatic carbocycles. The number of amides is 1. The molecule has 1 amide bonds. The molecule has 2 aromatic rings. The van der Waals surface area contributed by atoms with Gasteiger partial charge in [0.05, 0.1) is 17.8 Å². The molecule has 3 heterocycles. The average Bonchev–Trinajstić information content (AvgIpc) is 3.61. The highest BCUT2D eigenvalue weighted by Gasteiger charge is 2.30. The summed E-state index contributed by atoms with van der Waals surface area (Å²) in [6, 6.07) is 9.91. The number of alkyl halides is 3. The van der Waals surface area contributed by atoms with Gasteiger partial charge in [0, 0.05) is 62.4 Å². The van der Waals surface area contributed by atoms with Crippen molar-refractivity contribution in [3.8, 4) is 0 Å². The summed E-state index contributed by atoms with van der Waals surface area (Å²) in [5.74, 6) is -0.704. The molecule has 0 bridgehead atoms. The van der Waals surface area contributed by atoms with Crippen LogP contribution >= 0.6 is 11.6 Å². The summed E-state index contributed by atoms with van der Waals surface area (Å²) >= 11 is 6.30. The minimum atomic E-state index is -4.18. The van der Waals surface area contributed by atoms with Gasteiger partial charge in [0.1, 0.15) is 5.82 Å². The second-order valence-electron chi connectivity index (χ2n) is 11.4. The number of hydrogen-bond acceptors (Lipinski definition) is 5. The van der Waals surface area contributed by atoms with Crippen LogP contribution in [0, 0.1) is 5.82 Å². The van der Waals surface area contributed by atoms with Crippen molar-refractivity contribution in [2.75, 3.05) is 69.1 Å². The molecule has 0 radical (unpaired) electrons. The zero-order chi connectivity index (χ0) is 29.0. The number of nitrogens with zero attached hydrogens (tertiary/aromatic N) is 4. The van der Waals surface area contributed by atoms with Crippen LogP contribution in [-0.4, -0.2) is 91.7 Å². The highest BCUT2D eigenvalue weighted by Crippen LogP contribution is 2.32. The van der Waals surface area contributed by atoms with Crippen molar-refractivity contribution in [2.24, 2.45) is 0 Å². The van der Waals surface area contributed by atoms with Crippen LogP contribution in [-0.2, 0) is 6.54 Å². The quantitative estimate of drug-likeness (QED) is 0.368. The lowest BCUT2D eigenvalue weighted by Crippen LogP contribution is -2.47. The topological polar surface area (TPSA) is 42.1 Å². The Morgan fingerprint density at radius 3 is 2.41 bits per heavy atom. The first kappa shape index (κ1) is 30.1. The summed E-state index contributed by atoms with van der Waals surface area (Å²) in [5, 5.41) is 3.51. The number of carbonyl (C=O) groups is 1. The average molecular weight is 596 g/mol. The smallest absolute Gasteiger partial charge is 0.367 e. The molecule has 6 nitrogen and oxygen atoms in total. The van der Waals surface area contributed by atoms with E-state index in [9.17, 15) is 22.4 Å². The van der Waals surface area contributed by atoms with E-state index in [4.69, 9.17) is 11.6 Å². The van der Waals surface area contributed by atoms with Gasteiger partial charge in [-0.3, -0.25) is 14.6 Å². The predicted molar refractivity (Wildman–Crippen MR) is 154 cm³/mol. The van der Waals surface area contributed by atoms with Gasteiger partial charge in [-0.25, -0.2) is 4.39 Å². The maximum absolute atomic E-state index is 14.4. The molecule has 0 saturated carbocycles. The molecule has 3 aliphatic heterocycles. The maximum Gasteiger partial charge on any atom is 0.390 e. The lowest BCUT2D eigenvalue weighted by molar-refractivity contribution is -0.138. The molecule has 1 unspecified atom stereocenters. The Morgan fingerprint density at radius 2 is 1.68 bits per heavy atom. The summed E-state index contributed by atoms with van der Waals surface area (Å²) in [7, 11) is 0. The fraction of sp³-hybridized carbons (Fsp3) is 0.567. The van der Waals surface area contributed by atoms with Crippen molar-refractivity contribution in [3.05, 3.63) is 58.4 Å². The number of rotatable bonds is 9. The Bertz CT molecular complexity index is 1200. The molecule has 0 aromatic heterocycles. The lowest BCUT2D eigenvalue weighted by Gasteiger charge is -2.37. The monoisotopic (exact) mass is 595 g/mol. The van der Waals surface area contributed by atoms with Gasteiger partial charge in [-0.05, 0) is 87.3 Å². The first-order chi connectivity index (χ1) is 19.6. The standard InChI is InChI=1S/C30H38ClF4N5O/c31-23-5-8-27(28(19-23)39-16-14-37(15-17-39)13-9-30(33,34)35)36-29(41)26-7-6-24(32)18-22(26)20-40-12-3-4-25(40)21-38-10-1-2-11-38/h5-8,18-19,25H,1-4,9-17,20-21H2,(H,36,41). The molecule has 1 N–H and O–H groups in total. The molecule has 11 heteroatoms. The zero-order valence-electron chi connectivity index (χ0n) is 23.2. The van der Waals surface area contributed by atoms with Gasteiger partial charge >= 0.3 is 6.18 Å². The lowest BCUT2D eigenvalue weighted by atomic mass is 10.0. The van der Waals surface area contributed by atoms with Gasteiger partial charge in [-0.15, -0.1) is 0 Å². The van der Waals surface area contributed by atoms with Crippen molar-refractivity contribution in [2.45, 2.75) is 50.9 Å². The molecule has 0 aliphatic carbocycles. The van der Waals surface area contributed by atoms with Crippen LogP contribution in [0.15, 0.2) is 36.4 Å². The summed E-state index contributed by atoms with van der Waals surface area (Å²) in [6.07, 6.45) is -0.340. The summed E-state index contributed by atoms with van der Waals surface area (Å²) in [6.45, 7) is 6.65. The van der Waals surface area contributed by atoms with Crippen LogP contribution in [0.1, 0.15) is 48.0 Å². The van der Waals surface area contributed by atoms with Crippen molar-refractivity contribution < 1.29 is 22.4 Å². The minimum Gasteiger partial charge on any atom is -0.367 e. The minimum absolute atomic E-state index is 0.0280. The first-order valence-electron chi connectivity index (χ1n) is 14.5. The predicted octanol–water partition coefficient (Wildman–Crippen LogP) is 5.87. The van der Waals surface area contributed by atoms with Crippen molar-refractivity contribution in [1.29, 1.82) is 0 Å². The van der Waals surface area contributed by atoms with Gasteiger partial charge < -0.3 is 15.1 Å². The van der Waals surface area contributed by atoms with Gasteiger partial charge in [-0.1, -0.05) is 11.6 Å². The van der Waals surface area contributed by atoms with Gasteiger partial charge in [0.15, 0.2) is 0 Å². The third-order valence-electron chi connectivity index (χ3n) is 8.48. The number of piperazine rings is 1. The summed E-state index contributed by atoms with van der Waals surface area (Å²) in [4.78, 5) is 22.3. The Hall–Kier alpha value is -2.40. The largest absolute Gasteiger partial charge is 0.390 e. The molecule has 5 rings (SSSR count). The molecule has 3 saturated heterocycles. The molecular weight excluding hydrogens is 558 g/mol. The highest BCUT2D eigenvalue weighted by molar-refractivity contribution is 6.31. The first-order valence-corrected chi connectivity index (χ1v) is 14.9. The molecule has 224 valence electrons. The van der Waals surface area contributed by atoms with Gasteiger partial charge in [0.25, 0.3) is 5.91 Å². The second kappa shape index (κ2) is 13.3. The van der Waals surface area contributed by atoms with E-state index >= 15 is 0 Å². The highest BCUT2D eigenvalue weighted by atomic mass is 35.5. The van der Waals surface area contributed by atoms with Crippen molar-refractivity contribution in [1.82, 2.24) is 14.7 Å². The number of carbonyl (C=O) groups excluding carboxylic acids is 1. The number of hydrogen-bond donors (Lipinski definition) is 1. The van der Waals surface area contributed by atoms with E-state index in [1.54, 1.807) is 29.2 Å². The van der Waals surface area contributed by atoms with Crippen LogP contribution in [0.3, 0.4) is 0 Å². The summed E-state index contributed by atoms with van der Waals surface area (Å²) in [5.41, 5.74) is 2.36. The van der Waals surface area contributed by atoms with E-state index in [0.717, 1.165) is 44.7 Å². The maximum atomic E-state index is 14.4. The van der Waals surface area contributed by atoms with Crippen molar-refractivity contribution in [3.63, 3.8) is 0 Å². The molecule has 1 atom stereocenters. The Labute approximate surface area is 244 Å². The van der Waals surface area contributed by atoms with Gasteiger partial charge in [-0.2, -0.15) is 13.2 Å².